The van der Waals surface area contributed by atoms with Gasteiger partial charge in [-0.3, -0.25) is 0 Å². The molecule has 0 saturated carbocycles. The molecule has 0 amide bonds. The monoisotopic (exact) mass is 455 g/mol. The molecule has 0 aromatic heterocycles. The molecule has 5 heteroatoms. The number of halogens is 1. The average molecular weight is 456 g/mol. The van der Waals surface area contributed by atoms with E-state index in [4.69, 9.17) is 0 Å². The summed E-state index contributed by atoms with van der Waals surface area (Å²) in [5.74, 6) is 0.213. The fourth-order valence-corrected chi connectivity index (χ4v) is 5.93. The molecule has 1 aliphatic heterocycles. The second kappa shape index (κ2) is 8.10. The summed E-state index contributed by atoms with van der Waals surface area (Å²) in [6.45, 7) is 1.51. The number of rotatable bonds is 5. The van der Waals surface area contributed by atoms with Crippen LogP contribution in [0.2, 0.25) is 0 Å². The van der Waals surface area contributed by atoms with Crippen LogP contribution in [0.25, 0.3) is 0 Å². The van der Waals surface area contributed by atoms with Crippen molar-refractivity contribution in [2.24, 2.45) is 5.92 Å². The summed E-state index contributed by atoms with van der Waals surface area (Å²) in [5.41, 5.74) is 3.62. The van der Waals surface area contributed by atoms with E-state index in [0.717, 1.165) is 24.0 Å². The molecule has 3 nitrogen and oxygen atoms in total. The van der Waals surface area contributed by atoms with Crippen LogP contribution in [-0.4, -0.2) is 20.7 Å². The zero-order valence-electron chi connectivity index (χ0n) is 15.5. The van der Waals surface area contributed by atoms with E-state index in [1.165, 1.54) is 16.8 Å². The van der Waals surface area contributed by atoms with Gasteiger partial charge in [0.15, 0.2) is 9.84 Å². The number of hydrogen-bond acceptors (Lipinski definition) is 3. The number of hydrogen-bond donors (Lipinski definition) is 0. The van der Waals surface area contributed by atoms with Gasteiger partial charge in [-0.1, -0.05) is 64.5 Å². The summed E-state index contributed by atoms with van der Waals surface area (Å²) in [4.78, 5) is 2.72. The van der Waals surface area contributed by atoms with Crippen LogP contribution in [0.1, 0.15) is 11.1 Å². The summed E-state index contributed by atoms with van der Waals surface area (Å²) >= 11 is 3.56. The molecule has 1 unspecified atom stereocenters. The van der Waals surface area contributed by atoms with Crippen molar-refractivity contribution >= 4 is 31.5 Å². The van der Waals surface area contributed by atoms with Crippen molar-refractivity contribution in [1.29, 1.82) is 0 Å². The Morgan fingerprint density at radius 3 is 2.32 bits per heavy atom. The van der Waals surface area contributed by atoms with Gasteiger partial charge in [0.05, 0.1) is 10.6 Å². The zero-order chi connectivity index (χ0) is 19.6. The number of anilines is 1. The van der Waals surface area contributed by atoms with E-state index in [1.54, 1.807) is 24.3 Å². The summed E-state index contributed by atoms with van der Waals surface area (Å²) in [6.07, 6.45) is 0.770. The largest absolute Gasteiger partial charge is 0.367 e. The van der Waals surface area contributed by atoms with Gasteiger partial charge in [0.25, 0.3) is 0 Å². The maximum atomic E-state index is 12.9. The second-order valence-electron chi connectivity index (χ2n) is 7.30. The third kappa shape index (κ3) is 4.31. The van der Waals surface area contributed by atoms with Crippen LogP contribution in [0.3, 0.4) is 0 Å². The Kier molecular flexibility index (Phi) is 5.56. The fraction of sp³-hybridized carbons (Fsp3) is 0.217. The molecule has 0 spiro atoms. The van der Waals surface area contributed by atoms with Gasteiger partial charge in [0, 0.05) is 23.2 Å². The van der Waals surface area contributed by atoms with E-state index in [9.17, 15) is 8.42 Å². The molecule has 0 fully saturated rings. The first-order valence-corrected chi connectivity index (χ1v) is 11.8. The van der Waals surface area contributed by atoms with Crippen molar-refractivity contribution in [3.05, 3.63) is 94.5 Å². The molecule has 1 atom stereocenters. The van der Waals surface area contributed by atoms with Crippen molar-refractivity contribution in [2.75, 3.05) is 17.2 Å². The van der Waals surface area contributed by atoms with Crippen molar-refractivity contribution in [1.82, 2.24) is 0 Å². The third-order valence-corrected chi connectivity index (χ3v) is 7.54. The van der Waals surface area contributed by atoms with Crippen LogP contribution in [0.5, 0.6) is 0 Å². The Bertz CT molecular complexity index is 1050. The van der Waals surface area contributed by atoms with Gasteiger partial charge in [-0.25, -0.2) is 8.42 Å². The summed E-state index contributed by atoms with van der Waals surface area (Å²) in [6, 6.07) is 25.4. The Morgan fingerprint density at radius 2 is 1.61 bits per heavy atom. The Morgan fingerprint density at radius 1 is 0.929 bits per heavy atom. The zero-order valence-corrected chi connectivity index (χ0v) is 17.9. The number of sulfone groups is 1. The minimum atomic E-state index is -3.31. The van der Waals surface area contributed by atoms with Gasteiger partial charge in [-0.15, -0.1) is 0 Å². The fourth-order valence-electron chi connectivity index (χ4n) is 3.91. The highest BCUT2D eigenvalue weighted by Crippen LogP contribution is 2.34. The first-order chi connectivity index (χ1) is 13.5. The molecule has 28 heavy (non-hydrogen) atoms. The van der Waals surface area contributed by atoms with Crippen LogP contribution in [0.4, 0.5) is 5.69 Å². The van der Waals surface area contributed by atoms with Crippen LogP contribution in [0.15, 0.2) is 88.2 Å². The molecule has 0 saturated heterocycles. The molecular formula is C23H22BrNO2S. The van der Waals surface area contributed by atoms with E-state index >= 15 is 0 Å². The minimum Gasteiger partial charge on any atom is -0.367 e. The van der Waals surface area contributed by atoms with Gasteiger partial charge < -0.3 is 4.90 Å². The lowest BCUT2D eigenvalue weighted by Gasteiger charge is -2.36. The van der Waals surface area contributed by atoms with Gasteiger partial charge in [0.1, 0.15) is 0 Å². The van der Waals surface area contributed by atoms with Crippen LogP contribution >= 0.6 is 15.9 Å². The van der Waals surface area contributed by atoms with Crippen molar-refractivity contribution in [3.63, 3.8) is 0 Å². The molecule has 0 radical (unpaired) electrons. The highest BCUT2D eigenvalue weighted by atomic mass is 79.9. The quantitative estimate of drug-likeness (QED) is 0.536. The summed E-state index contributed by atoms with van der Waals surface area (Å²) < 4.78 is 26.9. The lowest BCUT2D eigenvalue weighted by molar-refractivity contribution is 0.515. The highest BCUT2D eigenvalue weighted by molar-refractivity contribution is 9.10. The topological polar surface area (TPSA) is 37.4 Å². The van der Waals surface area contributed by atoms with E-state index in [-0.39, 0.29) is 11.7 Å². The Balaban J connectivity index is 1.62. The number of fused-ring (bicyclic) bond motifs is 1. The maximum Gasteiger partial charge on any atom is 0.178 e. The van der Waals surface area contributed by atoms with Crippen LogP contribution < -0.4 is 4.90 Å². The lowest BCUT2D eigenvalue weighted by Crippen LogP contribution is -2.38. The Hall–Kier alpha value is -2.11. The predicted octanol–water partition coefficient (Wildman–Crippen LogP) is 5.10. The highest BCUT2D eigenvalue weighted by Gasteiger charge is 2.29. The average Bonchev–Trinajstić information content (AvgIpc) is 2.69. The third-order valence-electron chi connectivity index (χ3n) is 5.14. The normalized spacial score (nSPS) is 16.6. The molecule has 3 aromatic rings. The molecule has 1 heterocycles. The molecular weight excluding hydrogens is 434 g/mol. The van der Waals surface area contributed by atoms with E-state index in [2.05, 4.69) is 51.2 Å². The van der Waals surface area contributed by atoms with Gasteiger partial charge in [-0.2, -0.15) is 0 Å². The predicted molar refractivity (Wildman–Crippen MR) is 117 cm³/mol. The molecule has 144 valence electrons. The maximum absolute atomic E-state index is 12.9. The number of benzene rings is 3. The van der Waals surface area contributed by atoms with Crippen LogP contribution in [0, 0.1) is 5.92 Å². The van der Waals surface area contributed by atoms with E-state index in [0.29, 0.717) is 4.90 Å². The second-order valence-corrected chi connectivity index (χ2v) is 10.3. The molecule has 1 aliphatic rings. The summed E-state index contributed by atoms with van der Waals surface area (Å²) in [5, 5.41) is 0. The van der Waals surface area contributed by atoms with Crippen LogP contribution in [-0.2, 0) is 22.8 Å². The van der Waals surface area contributed by atoms with Gasteiger partial charge >= 0.3 is 0 Å². The number of nitrogens with zero attached hydrogens (tertiary/aromatic N) is 1. The van der Waals surface area contributed by atoms with Crippen molar-refractivity contribution in [3.8, 4) is 0 Å². The minimum absolute atomic E-state index is 0.0516. The molecule has 0 aliphatic carbocycles. The first kappa shape index (κ1) is 19.2. The first-order valence-electron chi connectivity index (χ1n) is 9.36. The molecule has 3 aromatic carbocycles. The Labute approximate surface area is 175 Å². The summed E-state index contributed by atoms with van der Waals surface area (Å²) in [7, 11) is -3.31. The molecule has 0 N–H and O–H groups in total. The molecule has 0 bridgehead atoms. The van der Waals surface area contributed by atoms with E-state index in [1.807, 2.05) is 24.3 Å². The SMILES string of the molecule is O=S(=O)(CC1Cc2cc(Br)ccc2N(Cc2ccccc2)C1)c1ccccc1. The van der Waals surface area contributed by atoms with Crippen molar-refractivity contribution in [2.45, 2.75) is 17.9 Å². The van der Waals surface area contributed by atoms with Gasteiger partial charge in [0.2, 0.25) is 0 Å². The van der Waals surface area contributed by atoms with Crippen molar-refractivity contribution < 1.29 is 8.42 Å². The van der Waals surface area contributed by atoms with Gasteiger partial charge in [-0.05, 0) is 53.8 Å². The smallest absolute Gasteiger partial charge is 0.178 e. The van der Waals surface area contributed by atoms with E-state index < -0.39 is 9.84 Å². The standard InChI is InChI=1S/C23H22BrNO2S/c24-21-11-12-23-20(14-21)13-19(16-25(23)15-18-7-3-1-4-8-18)17-28(26,27)22-9-5-2-6-10-22/h1-12,14,19H,13,15-17H2. The lowest BCUT2D eigenvalue weighted by atomic mass is 9.93. The molecule has 4 rings (SSSR count).